The number of carbonyl (C=O) groups excluding carboxylic acids is 1. The van der Waals surface area contributed by atoms with E-state index in [-0.39, 0.29) is 18.2 Å². The van der Waals surface area contributed by atoms with E-state index in [4.69, 9.17) is 4.42 Å². The molecule has 5 nitrogen and oxygen atoms in total. The van der Waals surface area contributed by atoms with Crippen molar-refractivity contribution in [3.63, 3.8) is 0 Å². The van der Waals surface area contributed by atoms with Gasteiger partial charge in [0, 0.05) is 29.2 Å². The predicted molar refractivity (Wildman–Crippen MR) is 106 cm³/mol. The highest BCUT2D eigenvalue weighted by atomic mass is 16.3. The van der Waals surface area contributed by atoms with Gasteiger partial charge in [-0.3, -0.25) is 4.79 Å². The number of hydrogen-bond acceptors (Lipinski definition) is 3. The third-order valence-electron chi connectivity index (χ3n) is 4.58. The highest BCUT2D eigenvalue weighted by Crippen LogP contribution is 2.21. The molecule has 2 aromatic heterocycles. The van der Waals surface area contributed by atoms with Gasteiger partial charge in [0.2, 0.25) is 0 Å². The van der Waals surface area contributed by atoms with Gasteiger partial charge in [-0.2, -0.15) is 0 Å². The van der Waals surface area contributed by atoms with Crippen LogP contribution in [0.1, 0.15) is 21.7 Å². The molecule has 5 heteroatoms. The summed E-state index contributed by atoms with van der Waals surface area (Å²) in [7, 11) is 0. The SMILES string of the molecule is O=C(c1ccc(-n2cccc2)cc1)N(Cc1ccco1)Cc1ccccc1O. The number of aromatic hydroxyl groups is 1. The zero-order valence-corrected chi connectivity index (χ0v) is 15.2. The Morgan fingerprint density at radius 3 is 2.32 bits per heavy atom. The number of phenols is 1. The summed E-state index contributed by atoms with van der Waals surface area (Å²) in [5.41, 5.74) is 2.25. The number of furan rings is 1. The molecule has 0 aliphatic carbocycles. The maximum atomic E-state index is 13.2. The van der Waals surface area contributed by atoms with Crippen LogP contribution in [0.25, 0.3) is 5.69 Å². The molecule has 0 aliphatic heterocycles. The number of phenolic OH excluding ortho intramolecular Hbond substituents is 1. The Kier molecular flexibility index (Phi) is 4.97. The molecule has 0 saturated heterocycles. The molecule has 2 heterocycles. The molecule has 28 heavy (non-hydrogen) atoms. The monoisotopic (exact) mass is 372 g/mol. The lowest BCUT2D eigenvalue weighted by Crippen LogP contribution is -2.30. The van der Waals surface area contributed by atoms with Gasteiger partial charge in [-0.05, 0) is 54.6 Å². The number of para-hydroxylation sites is 1. The van der Waals surface area contributed by atoms with Gasteiger partial charge in [-0.25, -0.2) is 0 Å². The normalized spacial score (nSPS) is 10.7. The van der Waals surface area contributed by atoms with Gasteiger partial charge < -0.3 is 19.0 Å². The van der Waals surface area contributed by atoms with Crippen molar-refractivity contribution in [2.45, 2.75) is 13.1 Å². The number of carbonyl (C=O) groups is 1. The van der Waals surface area contributed by atoms with Crippen LogP contribution < -0.4 is 0 Å². The molecule has 0 saturated carbocycles. The molecule has 0 unspecified atom stereocenters. The van der Waals surface area contributed by atoms with E-state index < -0.39 is 0 Å². The van der Waals surface area contributed by atoms with Gasteiger partial charge >= 0.3 is 0 Å². The maximum Gasteiger partial charge on any atom is 0.254 e. The summed E-state index contributed by atoms with van der Waals surface area (Å²) in [6.45, 7) is 0.602. The minimum atomic E-state index is -0.126. The summed E-state index contributed by atoms with van der Waals surface area (Å²) in [5, 5.41) is 10.1. The molecular weight excluding hydrogens is 352 g/mol. The lowest BCUT2D eigenvalue weighted by molar-refractivity contribution is 0.0716. The van der Waals surface area contributed by atoms with Crippen LogP contribution in [0, 0.1) is 0 Å². The largest absolute Gasteiger partial charge is 0.508 e. The van der Waals surface area contributed by atoms with Gasteiger partial charge in [0.05, 0.1) is 19.4 Å². The summed E-state index contributed by atoms with van der Waals surface area (Å²) in [6, 6.07) is 22.0. The summed E-state index contributed by atoms with van der Waals surface area (Å²) in [4.78, 5) is 14.8. The Morgan fingerprint density at radius 2 is 1.64 bits per heavy atom. The van der Waals surface area contributed by atoms with Gasteiger partial charge in [0.25, 0.3) is 5.91 Å². The molecule has 140 valence electrons. The van der Waals surface area contributed by atoms with Crippen LogP contribution >= 0.6 is 0 Å². The van der Waals surface area contributed by atoms with Crippen LogP contribution in [-0.4, -0.2) is 20.5 Å². The summed E-state index contributed by atoms with van der Waals surface area (Å²) < 4.78 is 7.41. The molecular formula is C23H20N2O3. The number of rotatable bonds is 6. The molecule has 0 atom stereocenters. The Balaban J connectivity index is 1.59. The lowest BCUT2D eigenvalue weighted by Gasteiger charge is -2.22. The van der Waals surface area contributed by atoms with Crippen LogP contribution in [-0.2, 0) is 13.1 Å². The molecule has 0 spiro atoms. The second-order valence-electron chi connectivity index (χ2n) is 6.51. The first-order valence-corrected chi connectivity index (χ1v) is 9.02. The first-order valence-electron chi connectivity index (χ1n) is 9.02. The van der Waals surface area contributed by atoms with E-state index >= 15 is 0 Å². The lowest BCUT2D eigenvalue weighted by atomic mass is 10.1. The number of aromatic nitrogens is 1. The van der Waals surface area contributed by atoms with E-state index in [0.29, 0.717) is 23.4 Å². The summed E-state index contributed by atoms with van der Waals surface area (Å²) >= 11 is 0. The van der Waals surface area contributed by atoms with Gasteiger partial charge in [-0.15, -0.1) is 0 Å². The van der Waals surface area contributed by atoms with E-state index in [9.17, 15) is 9.90 Å². The average Bonchev–Trinajstić information content (AvgIpc) is 3.43. The molecule has 4 rings (SSSR count). The van der Waals surface area contributed by atoms with Gasteiger partial charge in [0.1, 0.15) is 11.5 Å². The van der Waals surface area contributed by atoms with Crippen LogP contribution in [0.5, 0.6) is 5.75 Å². The Bertz CT molecular complexity index is 1040. The van der Waals surface area contributed by atoms with Crippen molar-refractivity contribution in [3.05, 3.63) is 108 Å². The van der Waals surface area contributed by atoms with Crippen LogP contribution in [0.15, 0.2) is 95.9 Å². The predicted octanol–water partition coefficient (Wildman–Crippen LogP) is 4.62. The molecule has 0 aliphatic rings. The highest BCUT2D eigenvalue weighted by Gasteiger charge is 2.19. The molecule has 1 N–H and O–H groups in total. The van der Waals surface area contributed by atoms with Crippen molar-refractivity contribution in [2.75, 3.05) is 0 Å². The third kappa shape index (κ3) is 3.83. The molecule has 1 amide bonds. The van der Waals surface area contributed by atoms with Gasteiger partial charge in [0.15, 0.2) is 0 Å². The van der Waals surface area contributed by atoms with E-state index in [2.05, 4.69) is 0 Å². The fourth-order valence-corrected chi connectivity index (χ4v) is 3.11. The van der Waals surface area contributed by atoms with Crippen LogP contribution in [0.3, 0.4) is 0 Å². The maximum absolute atomic E-state index is 13.2. The topological polar surface area (TPSA) is 58.6 Å². The molecule has 4 aromatic rings. The molecule has 0 bridgehead atoms. The minimum absolute atomic E-state index is 0.126. The molecule has 2 aromatic carbocycles. The Morgan fingerprint density at radius 1 is 0.893 bits per heavy atom. The zero-order chi connectivity index (χ0) is 19.3. The first kappa shape index (κ1) is 17.7. The van der Waals surface area contributed by atoms with E-state index in [1.54, 1.807) is 29.4 Å². The molecule has 0 fully saturated rings. The zero-order valence-electron chi connectivity index (χ0n) is 15.2. The van der Waals surface area contributed by atoms with E-state index in [1.807, 2.05) is 71.6 Å². The first-order chi connectivity index (χ1) is 13.7. The number of hydrogen-bond donors (Lipinski definition) is 1. The summed E-state index contributed by atoms with van der Waals surface area (Å²) in [5.74, 6) is 0.731. The highest BCUT2D eigenvalue weighted by molar-refractivity contribution is 5.94. The van der Waals surface area contributed by atoms with Crippen molar-refractivity contribution in [1.82, 2.24) is 9.47 Å². The Hall–Kier alpha value is -3.73. The number of benzene rings is 2. The number of nitrogens with zero attached hydrogens (tertiary/aromatic N) is 2. The third-order valence-corrected chi connectivity index (χ3v) is 4.58. The fraction of sp³-hybridized carbons (Fsp3) is 0.0870. The smallest absolute Gasteiger partial charge is 0.254 e. The minimum Gasteiger partial charge on any atom is -0.508 e. The van der Waals surface area contributed by atoms with Gasteiger partial charge in [-0.1, -0.05) is 18.2 Å². The van der Waals surface area contributed by atoms with E-state index in [0.717, 1.165) is 5.69 Å². The van der Waals surface area contributed by atoms with Crippen molar-refractivity contribution in [1.29, 1.82) is 0 Å². The standard InChI is InChI=1S/C23H20N2O3/c26-22-8-2-1-6-19(22)16-25(17-21-7-5-15-28-21)23(27)18-9-11-20(12-10-18)24-13-3-4-14-24/h1-15,26H,16-17H2. The van der Waals surface area contributed by atoms with Crippen LogP contribution in [0.2, 0.25) is 0 Å². The summed E-state index contributed by atoms with van der Waals surface area (Å²) in [6.07, 6.45) is 5.50. The fourth-order valence-electron chi connectivity index (χ4n) is 3.11. The number of amides is 1. The van der Waals surface area contributed by atoms with Crippen molar-refractivity contribution >= 4 is 5.91 Å². The Labute approximate surface area is 163 Å². The van der Waals surface area contributed by atoms with E-state index in [1.165, 1.54) is 0 Å². The van der Waals surface area contributed by atoms with Crippen molar-refractivity contribution < 1.29 is 14.3 Å². The van der Waals surface area contributed by atoms with Crippen molar-refractivity contribution in [3.8, 4) is 11.4 Å². The van der Waals surface area contributed by atoms with Crippen molar-refractivity contribution in [2.24, 2.45) is 0 Å². The molecule has 0 radical (unpaired) electrons. The second-order valence-corrected chi connectivity index (χ2v) is 6.51. The second kappa shape index (κ2) is 7.88. The van der Waals surface area contributed by atoms with Crippen LogP contribution in [0.4, 0.5) is 0 Å². The average molecular weight is 372 g/mol. The quantitative estimate of drug-likeness (QED) is 0.537.